The van der Waals surface area contributed by atoms with Crippen molar-refractivity contribution in [1.29, 1.82) is 0 Å². The molecule has 0 atom stereocenters. The van der Waals surface area contributed by atoms with Crippen LogP contribution >= 0.6 is 0 Å². The van der Waals surface area contributed by atoms with Crippen molar-refractivity contribution in [2.24, 2.45) is 0 Å². The van der Waals surface area contributed by atoms with Crippen molar-refractivity contribution in [2.75, 3.05) is 46.5 Å². The minimum absolute atomic E-state index is 0.0279. The molecule has 1 fully saturated rings. The Hall–Kier alpha value is -2.08. The van der Waals surface area contributed by atoms with Gasteiger partial charge in [-0.05, 0) is 43.5 Å². The fourth-order valence-corrected chi connectivity index (χ4v) is 2.80. The molecule has 1 aliphatic heterocycles. The van der Waals surface area contributed by atoms with E-state index in [-0.39, 0.29) is 18.4 Å². The summed E-state index contributed by atoms with van der Waals surface area (Å²) in [5.74, 6) is 0.759. The van der Waals surface area contributed by atoms with E-state index >= 15 is 0 Å². The molecule has 0 spiro atoms. The number of aryl methyl sites for hydroxylation is 2. The van der Waals surface area contributed by atoms with Gasteiger partial charge in [0.05, 0.1) is 13.0 Å². The second kappa shape index (κ2) is 9.42. The molecule has 2 amide bonds. The van der Waals surface area contributed by atoms with Gasteiger partial charge in [-0.2, -0.15) is 0 Å². The molecule has 0 saturated carbocycles. The molecule has 1 aromatic rings. The summed E-state index contributed by atoms with van der Waals surface area (Å²) in [4.78, 5) is 28.1. The van der Waals surface area contributed by atoms with Gasteiger partial charge in [0.25, 0.3) is 5.91 Å². The van der Waals surface area contributed by atoms with Crippen LogP contribution < -0.4 is 4.74 Å². The van der Waals surface area contributed by atoms with Crippen molar-refractivity contribution < 1.29 is 19.1 Å². The van der Waals surface area contributed by atoms with Crippen molar-refractivity contribution >= 4 is 11.8 Å². The Kier molecular flexibility index (Phi) is 7.25. The van der Waals surface area contributed by atoms with E-state index in [1.54, 1.807) is 12.0 Å². The molecule has 0 aromatic heterocycles. The van der Waals surface area contributed by atoms with Crippen molar-refractivity contribution in [3.63, 3.8) is 0 Å². The number of carbonyl (C=O) groups is 2. The summed E-state index contributed by atoms with van der Waals surface area (Å²) in [5.41, 5.74) is 2.34. The van der Waals surface area contributed by atoms with E-state index in [0.29, 0.717) is 45.0 Å². The van der Waals surface area contributed by atoms with Crippen LogP contribution in [0.1, 0.15) is 24.0 Å². The summed E-state index contributed by atoms with van der Waals surface area (Å²) >= 11 is 0. The summed E-state index contributed by atoms with van der Waals surface area (Å²) in [5, 5.41) is 0. The van der Waals surface area contributed by atoms with Crippen LogP contribution in [-0.4, -0.2) is 68.1 Å². The highest BCUT2D eigenvalue weighted by molar-refractivity contribution is 5.78. The van der Waals surface area contributed by atoms with Crippen LogP contribution in [0.2, 0.25) is 0 Å². The molecule has 0 unspecified atom stereocenters. The minimum atomic E-state index is -0.0376. The van der Waals surface area contributed by atoms with E-state index in [1.807, 2.05) is 36.9 Å². The van der Waals surface area contributed by atoms with Crippen LogP contribution in [-0.2, 0) is 14.3 Å². The normalized spacial score (nSPS) is 15.0. The lowest BCUT2D eigenvalue weighted by atomic mass is 10.1. The third kappa shape index (κ3) is 5.74. The Labute approximate surface area is 149 Å². The van der Waals surface area contributed by atoms with E-state index in [9.17, 15) is 9.59 Å². The molecular formula is C19H28N2O4. The molecule has 0 N–H and O–H groups in total. The van der Waals surface area contributed by atoms with E-state index in [0.717, 1.165) is 12.0 Å². The Morgan fingerprint density at radius 3 is 2.32 bits per heavy atom. The standard InChI is InChI=1S/C19H28N2O4/c1-15-5-6-17(13-16(15)2)25-14-19(23)21-9-4-8-20(10-11-21)18(22)7-12-24-3/h5-6,13H,4,7-12,14H2,1-3H3. The second-order valence-electron chi connectivity index (χ2n) is 6.39. The van der Waals surface area contributed by atoms with E-state index in [1.165, 1.54) is 5.56 Å². The molecule has 138 valence electrons. The van der Waals surface area contributed by atoms with E-state index < -0.39 is 0 Å². The highest BCUT2D eigenvalue weighted by Gasteiger charge is 2.22. The van der Waals surface area contributed by atoms with Crippen LogP contribution in [0.25, 0.3) is 0 Å². The zero-order chi connectivity index (χ0) is 18.2. The van der Waals surface area contributed by atoms with Crippen LogP contribution in [0.5, 0.6) is 5.75 Å². The number of rotatable bonds is 6. The first kappa shape index (κ1) is 19.2. The van der Waals surface area contributed by atoms with Gasteiger partial charge >= 0.3 is 0 Å². The number of ether oxygens (including phenoxy) is 2. The quantitative estimate of drug-likeness (QED) is 0.786. The number of hydrogen-bond acceptors (Lipinski definition) is 4. The number of methoxy groups -OCH3 is 1. The Balaban J connectivity index is 1.81. The van der Waals surface area contributed by atoms with Crippen LogP contribution in [0.4, 0.5) is 0 Å². The van der Waals surface area contributed by atoms with Crippen molar-refractivity contribution in [2.45, 2.75) is 26.7 Å². The Morgan fingerprint density at radius 1 is 1.00 bits per heavy atom. The maximum absolute atomic E-state index is 12.4. The lowest BCUT2D eigenvalue weighted by Crippen LogP contribution is -2.39. The summed E-state index contributed by atoms with van der Waals surface area (Å²) in [7, 11) is 1.59. The molecule has 6 nitrogen and oxygen atoms in total. The molecule has 0 bridgehead atoms. The zero-order valence-electron chi connectivity index (χ0n) is 15.4. The maximum Gasteiger partial charge on any atom is 0.260 e. The zero-order valence-corrected chi connectivity index (χ0v) is 15.4. The minimum Gasteiger partial charge on any atom is -0.484 e. The predicted molar refractivity (Wildman–Crippen MR) is 95.7 cm³/mol. The van der Waals surface area contributed by atoms with Crippen molar-refractivity contribution in [1.82, 2.24) is 9.80 Å². The number of amides is 2. The molecule has 0 aliphatic carbocycles. The SMILES string of the molecule is COCCC(=O)N1CCCN(C(=O)COc2ccc(C)c(C)c2)CC1. The van der Waals surface area contributed by atoms with Gasteiger partial charge in [0.15, 0.2) is 6.61 Å². The summed E-state index contributed by atoms with van der Waals surface area (Å²) in [6.45, 7) is 6.98. The van der Waals surface area contributed by atoms with Gasteiger partial charge in [-0.3, -0.25) is 9.59 Å². The first-order chi connectivity index (χ1) is 12.0. The average Bonchev–Trinajstić information content (AvgIpc) is 2.86. The summed E-state index contributed by atoms with van der Waals surface area (Å²) in [6, 6.07) is 5.82. The molecule has 1 saturated heterocycles. The number of carbonyl (C=O) groups excluding carboxylic acids is 2. The largest absolute Gasteiger partial charge is 0.484 e. The topological polar surface area (TPSA) is 59.1 Å². The predicted octanol–water partition coefficient (Wildman–Crippen LogP) is 1.78. The summed E-state index contributed by atoms with van der Waals surface area (Å²) in [6.07, 6.45) is 1.18. The van der Waals surface area contributed by atoms with Crippen molar-refractivity contribution in [3.05, 3.63) is 29.3 Å². The van der Waals surface area contributed by atoms with Crippen LogP contribution in [0.15, 0.2) is 18.2 Å². The Morgan fingerprint density at radius 2 is 1.68 bits per heavy atom. The lowest BCUT2D eigenvalue weighted by molar-refractivity contribution is -0.135. The first-order valence-electron chi connectivity index (χ1n) is 8.76. The molecule has 1 heterocycles. The molecule has 1 aromatic carbocycles. The van der Waals surface area contributed by atoms with Crippen LogP contribution in [0.3, 0.4) is 0 Å². The average molecular weight is 348 g/mol. The highest BCUT2D eigenvalue weighted by atomic mass is 16.5. The highest BCUT2D eigenvalue weighted by Crippen LogP contribution is 2.16. The fourth-order valence-electron chi connectivity index (χ4n) is 2.80. The van der Waals surface area contributed by atoms with Gasteiger partial charge < -0.3 is 19.3 Å². The molecule has 2 rings (SSSR count). The molecule has 0 radical (unpaired) electrons. The molecule has 6 heteroatoms. The van der Waals surface area contributed by atoms with Gasteiger partial charge in [-0.15, -0.1) is 0 Å². The second-order valence-corrected chi connectivity index (χ2v) is 6.39. The third-order valence-electron chi connectivity index (χ3n) is 4.56. The van der Waals surface area contributed by atoms with E-state index in [2.05, 4.69) is 0 Å². The van der Waals surface area contributed by atoms with Gasteiger partial charge in [0.1, 0.15) is 5.75 Å². The number of benzene rings is 1. The number of nitrogens with zero attached hydrogens (tertiary/aromatic N) is 2. The molecular weight excluding hydrogens is 320 g/mol. The van der Waals surface area contributed by atoms with Gasteiger partial charge in [0, 0.05) is 33.3 Å². The monoisotopic (exact) mass is 348 g/mol. The van der Waals surface area contributed by atoms with Crippen molar-refractivity contribution in [3.8, 4) is 5.75 Å². The molecule has 25 heavy (non-hydrogen) atoms. The van der Waals surface area contributed by atoms with Gasteiger partial charge in [-0.1, -0.05) is 6.07 Å². The Bertz CT molecular complexity index is 603. The first-order valence-corrected chi connectivity index (χ1v) is 8.76. The smallest absolute Gasteiger partial charge is 0.260 e. The maximum atomic E-state index is 12.4. The van der Waals surface area contributed by atoms with E-state index in [4.69, 9.17) is 9.47 Å². The fraction of sp³-hybridized carbons (Fsp3) is 0.579. The van der Waals surface area contributed by atoms with Crippen LogP contribution in [0, 0.1) is 13.8 Å². The molecule has 1 aliphatic rings. The van der Waals surface area contributed by atoms with Gasteiger partial charge in [0.2, 0.25) is 5.91 Å². The number of hydrogen-bond donors (Lipinski definition) is 0. The third-order valence-corrected chi connectivity index (χ3v) is 4.56. The summed E-state index contributed by atoms with van der Waals surface area (Å²) < 4.78 is 10.6. The lowest BCUT2D eigenvalue weighted by Gasteiger charge is -2.22. The van der Waals surface area contributed by atoms with Gasteiger partial charge in [-0.25, -0.2) is 0 Å².